The Morgan fingerprint density at radius 2 is 1.78 bits per heavy atom. The van der Waals surface area contributed by atoms with Crippen molar-refractivity contribution < 1.29 is 9.53 Å². The third-order valence-electron chi connectivity index (χ3n) is 5.03. The third-order valence-corrected chi connectivity index (χ3v) is 5.03. The van der Waals surface area contributed by atoms with Gasteiger partial charge in [-0.2, -0.15) is 0 Å². The second-order valence-corrected chi connectivity index (χ2v) is 6.42. The second-order valence-electron chi connectivity index (χ2n) is 6.42. The standard InChI is InChI=1S/C19H22N2O2/c22-19-18(8-13-23-19)21-11-9-20(10-12-21)14-16-6-3-5-15-4-1-2-7-17(15)16/h1-7,18H,8-14H2/t18-/m1/s1. The molecule has 2 aliphatic rings. The lowest BCUT2D eigenvalue weighted by Crippen LogP contribution is -2.51. The molecule has 4 rings (SSSR count). The molecule has 0 N–H and O–H groups in total. The van der Waals surface area contributed by atoms with E-state index >= 15 is 0 Å². The van der Waals surface area contributed by atoms with Crippen LogP contribution in [0.5, 0.6) is 0 Å². The Bertz CT molecular complexity index is 702. The molecule has 120 valence electrons. The molecular weight excluding hydrogens is 288 g/mol. The summed E-state index contributed by atoms with van der Waals surface area (Å²) in [6.45, 7) is 5.47. The number of fused-ring (bicyclic) bond motifs is 1. The summed E-state index contributed by atoms with van der Waals surface area (Å²) in [6.07, 6.45) is 0.849. The molecule has 0 aromatic heterocycles. The predicted octanol–water partition coefficient (Wildman–Crippen LogP) is 2.27. The number of esters is 1. The van der Waals surface area contributed by atoms with Crippen molar-refractivity contribution in [3.05, 3.63) is 48.0 Å². The Morgan fingerprint density at radius 3 is 2.57 bits per heavy atom. The average Bonchev–Trinajstić information content (AvgIpc) is 3.02. The molecule has 0 radical (unpaired) electrons. The van der Waals surface area contributed by atoms with Gasteiger partial charge in [-0.25, -0.2) is 0 Å². The van der Waals surface area contributed by atoms with Crippen molar-refractivity contribution >= 4 is 16.7 Å². The molecule has 2 aliphatic heterocycles. The van der Waals surface area contributed by atoms with E-state index in [-0.39, 0.29) is 12.0 Å². The van der Waals surface area contributed by atoms with E-state index in [4.69, 9.17) is 4.74 Å². The van der Waals surface area contributed by atoms with Gasteiger partial charge in [0.2, 0.25) is 0 Å². The van der Waals surface area contributed by atoms with Gasteiger partial charge in [-0.15, -0.1) is 0 Å². The molecule has 0 bridgehead atoms. The normalized spacial score (nSPS) is 23.3. The predicted molar refractivity (Wildman–Crippen MR) is 90.2 cm³/mol. The van der Waals surface area contributed by atoms with Gasteiger partial charge in [0.15, 0.2) is 0 Å². The number of hydrogen-bond donors (Lipinski definition) is 0. The summed E-state index contributed by atoms with van der Waals surface area (Å²) in [4.78, 5) is 16.5. The first-order chi connectivity index (χ1) is 11.3. The third kappa shape index (κ3) is 2.96. The molecule has 0 spiro atoms. The first-order valence-electron chi connectivity index (χ1n) is 8.41. The van der Waals surface area contributed by atoms with Crippen LogP contribution in [-0.2, 0) is 16.1 Å². The topological polar surface area (TPSA) is 32.8 Å². The molecule has 2 fully saturated rings. The van der Waals surface area contributed by atoms with E-state index in [2.05, 4.69) is 52.3 Å². The number of rotatable bonds is 3. The first kappa shape index (κ1) is 14.7. The lowest BCUT2D eigenvalue weighted by atomic mass is 10.0. The second kappa shape index (κ2) is 6.30. The van der Waals surface area contributed by atoms with Gasteiger partial charge in [-0.1, -0.05) is 42.5 Å². The van der Waals surface area contributed by atoms with Gasteiger partial charge >= 0.3 is 5.97 Å². The van der Waals surface area contributed by atoms with Gasteiger partial charge in [0.25, 0.3) is 0 Å². The minimum Gasteiger partial charge on any atom is -0.464 e. The summed E-state index contributed by atoms with van der Waals surface area (Å²) in [5, 5.41) is 2.65. The van der Waals surface area contributed by atoms with E-state index in [9.17, 15) is 4.79 Å². The van der Waals surface area contributed by atoms with Gasteiger partial charge in [-0.3, -0.25) is 14.6 Å². The highest BCUT2D eigenvalue weighted by atomic mass is 16.5. The molecular formula is C19H22N2O2. The quantitative estimate of drug-likeness (QED) is 0.814. The number of benzene rings is 2. The Hall–Kier alpha value is -1.91. The Labute approximate surface area is 136 Å². The van der Waals surface area contributed by atoms with Gasteiger partial charge < -0.3 is 4.74 Å². The summed E-state index contributed by atoms with van der Waals surface area (Å²) in [6, 6.07) is 15.1. The SMILES string of the molecule is O=C1OCC[C@H]1N1CCN(Cc2cccc3ccccc23)CC1. The van der Waals surface area contributed by atoms with Crippen molar-refractivity contribution in [2.75, 3.05) is 32.8 Å². The van der Waals surface area contributed by atoms with Crippen LogP contribution in [0.15, 0.2) is 42.5 Å². The number of carbonyl (C=O) groups is 1. The van der Waals surface area contributed by atoms with E-state index in [1.54, 1.807) is 0 Å². The summed E-state index contributed by atoms with van der Waals surface area (Å²) >= 11 is 0. The average molecular weight is 310 g/mol. The minimum absolute atomic E-state index is 0.00490. The highest BCUT2D eigenvalue weighted by Crippen LogP contribution is 2.21. The number of cyclic esters (lactones) is 1. The van der Waals surface area contributed by atoms with Gasteiger partial charge in [0.1, 0.15) is 6.04 Å². The summed E-state index contributed by atoms with van der Waals surface area (Å²) in [7, 11) is 0. The molecule has 2 heterocycles. The van der Waals surface area contributed by atoms with Crippen LogP contribution in [0.2, 0.25) is 0 Å². The molecule has 2 saturated heterocycles. The fourth-order valence-corrected chi connectivity index (χ4v) is 3.72. The molecule has 4 heteroatoms. The zero-order valence-corrected chi connectivity index (χ0v) is 13.3. The van der Waals surface area contributed by atoms with Crippen LogP contribution >= 0.6 is 0 Å². The smallest absolute Gasteiger partial charge is 0.323 e. The zero-order chi connectivity index (χ0) is 15.6. The van der Waals surface area contributed by atoms with Crippen LogP contribution in [0, 0.1) is 0 Å². The summed E-state index contributed by atoms with van der Waals surface area (Å²) in [5.74, 6) is -0.0347. The minimum atomic E-state index is -0.0347. The monoisotopic (exact) mass is 310 g/mol. The maximum Gasteiger partial charge on any atom is 0.323 e. The van der Waals surface area contributed by atoms with E-state index in [0.29, 0.717) is 6.61 Å². The van der Waals surface area contributed by atoms with Crippen LogP contribution in [0.4, 0.5) is 0 Å². The van der Waals surface area contributed by atoms with Crippen molar-refractivity contribution in [3.63, 3.8) is 0 Å². The molecule has 2 aromatic rings. The van der Waals surface area contributed by atoms with Crippen LogP contribution in [0.3, 0.4) is 0 Å². The largest absolute Gasteiger partial charge is 0.464 e. The van der Waals surface area contributed by atoms with Crippen molar-refractivity contribution in [1.29, 1.82) is 0 Å². The molecule has 0 saturated carbocycles. The molecule has 0 aliphatic carbocycles. The first-order valence-corrected chi connectivity index (χ1v) is 8.41. The molecule has 1 atom stereocenters. The van der Waals surface area contributed by atoms with E-state index in [1.807, 2.05) is 0 Å². The van der Waals surface area contributed by atoms with Crippen LogP contribution in [-0.4, -0.2) is 54.6 Å². The number of carbonyl (C=O) groups excluding carboxylic acids is 1. The summed E-state index contributed by atoms with van der Waals surface area (Å²) in [5.41, 5.74) is 1.39. The molecule has 0 unspecified atom stereocenters. The fraction of sp³-hybridized carbons (Fsp3) is 0.421. The van der Waals surface area contributed by atoms with E-state index < -0.39 is 0 Å². The number of hydrogen-bond acceptors (Lipinski definition) is 4. The zero-order valence-electron chi connectivity index (χ0n) is 13.3. The lowest BCUT2D eigenvalue weighted by molar-refractivity contribution is -0.142. The highest BCUT2D eigenvalue weighted by molar-refractivity contribution is 5.85. The van der Waals surface area contributed by atoms with E-state index in [0.717, 1.165) is 39.1 Å². The maximum atomic E-state index is 11.7. The van der Waals surface area contributed by atoms with Gasteiger partial charge in [0, 0.05) is 39.1 Å². The van der Waals surface area contributed by atoms with Crippen molar-refractivity contribution in [2.24, 2.45) is 0 Å². The number of nitrogens with zero attached hydrogens (tertiary/aromatic N) is 2. The number of ether oxygens (including phenoxy) is 1. The Morgan fingerprint density at radius 1 is 1.00 bits per heavy atom. The Kier molecular flexibility index (Phi) is 4.02. The van der Waals surface area contributed by atoms with Crippen molar-refractivity contribution in [2.45, 2.75) is 19.0 Å². The lowest BCUT2D eigenvalue weighted by Gasteiger charge is -2.36. The molecule has 4 nitrogen and oxygen atoms in total. The van der Waals surface area contributed by atoms with Crippen LogP contribution in [0.25, 0.3) is 10.8 Å². The maximum absolute atomic E-state index is 11.7. The summed E-state index contributed by atoms with van der Waals surface area (Å²) < 4.78 is 5.10. The van der Waals surface area contributed by atoms with E-state index in [1.165, 1.54) is 16.3 Å². The van der Waals surface area contributed by atoms with Gasteiger partial charge in [0.05, 0.1) is 6.61 Å². The fourth-order valence-electron chi connectivity index (χ4n) is 3.72. The molecule has 23 heavy (non-hydrogen) atoms. The van der Waals surface area contributed by atoms with Crippen LogP contribution in [0.1, 0.15) is 12.0 Å². The van der Waals surface area contributed by atoms with Crippen LogP contribution < -0.4 is 0 Å². The molecule has 0 amide bonds. The Balaban J connectivity index is 1.42. The van der Waals surface area contributed by atoms with Crippen molar-refractivity contribution in [3.8, 4) is 0 Å². The van der Waals surface area contributed by atoms with Crippen molar-refractivity contribution in [1.82, 2.24) is 9.80 Å². The molecule has 2 aromatic carbocycles. The highest BCUT2D eigenvalue weighted by Gasteiger charge is 2.33. The number of piperazine rings is 1. The van der Waals surface area contributed by atoms with Gasteiger partial charge in [-0.05, 0) is 16.3 Å².